The van der Waals surface area contributed by atoms with Crippen molar-refractivity contribution in [1.82, 2.24) is 0 Å². The van der Waals surface area contributed by atoms with E-state index in [-0.39, 0.29) is 18.8 Å². The van der Waals surface area contributed by atoms with Gasteiger partial charge in [-0.1, -0.05) is 28.1 Å². The molecule has 1 amide bonds. The zero-order valence-corrected chi connectivity index (χ0v) is 10.1. The van der Waals surface area contributed by atoms with Crippen molar-refractivity contribution in [2.75, 3.05) is 0 Å². The van der Waals surface area contributed by atoms with Crippen LogP contribution >= 0.6 is 15.9 Å². The molecule has 4 nitrogen and oxygen atoms in total. The summed E-state index contributed by atoms with van der Waals surface area (Å²) < 4.78 is 0.852. The zero-order valence-electron chi connectivity index (χ0n) is 8.52. The molecule has 0 aromatic heterocycles. The zero-order chi connectivity index (χ0) is 12.1. The van der Waals surface area contributed by atoms with Gasteiger partial charge in [-0.2, -0.15) is 0 Å². The largest absolute Gasteiger partial charge is 0.481 e. The number of halogens is 1. The lowest BCUT2D eigenvalue weighted by Gasteiger charge is -2.13. The van der Waals surface area contributed by atoms with Gasteiger partial charge in [0, 0.05) is 16.8 Å². The van der Waals surface area contributed by atoms with Crippen LogP contribution in [0.1, 0.15) is 24.3 Å². The Kier molecular flexibility index (Phi) is 4.49. The number of rotatable bonds is 5. The summed E-state index contributed by atoms with van der Waals surface area (Å²) in [4.78, 5) is 21.6. The summed E-state index contributed by atoms with van der Waals surface area (Å²) in [5, 5.41) is 8.76. The first-order valence-electron chi connectivity index (χ1n) is 4.74. The molecule has 5 heteroatoms. The summed E-state index contributed by atoms with van der Waals surface area (Å²) in [6.07, 6.45) is -0.0534. The van der Waals surface area contributed by atoms with E-state index in [0.717, 1.165) is 10.0 Å². The molecular weight excluding hydrogens is 274 g/mol. The Morgan fingerprint density at radius 1 is 1.38 bits per heavy atom. The van der Waals surface area contributed by atoms with E-state index in [1.54, 1.807) is 18.2 Å². The number of aliphatic carboxylic acids is 1. The molecule has 0 bridgehead atoms. The van der Waals surface area contributed by atoms with Crippen LogP contribution in [-0.4, -0.2) is 17.0 Å². The van der Waals surface area contributed by atoms with Gasteiger partial charge in [0.1, 0.15) is 0 Å². The lowest BCUT2D eigenvalue weighted by Crippen LogP contribution is -2.17. The number of amides is 1. The second-order valence-corrected chi connectivity index (χ2v) is 4.44. The van der Waals surface area contributed by atoms with Crippen LogP contribution in [0.25, 0.3) is 0 Å². The van der Waals surface area contributed by atoms with Gasteiger partial charge in [-0.25, -0.2) is 0 Å². The van der Waals surface area contributed by atoms with Gasteiger partial charge in [0.15, 0.2) is 0 Å². The lowest BCUT2D eigenvalue weighted by molar-refractivity contribution is -0.137. The van der Waals surface area contributed by atoms with Crippen molar-refractivity contribution in [3.8, 4) is 0 Å². The van der Waals surface area contributed by atoms with Gasteiger partial charge in [-0.15, -0.1) is 0 Å². The second kappa shape index (κ2) is 5.65. The van der Waals surface area contributed by atoms with E-state index in [9.17, 15) is 9.59 Å². The molecule has 1 rings (SSSR count). The fraction of sp³-hybridized carbons (Fsp3) is 0.273. The van der Waals surface area contributed by atoms with Crippen molar-refractivity contribution >= 4 is 27.8 Å². The van der Waals surface area contributed by atoms with E-state index >= 15 is 0 Å². The maximum Gasteiger partial charge on any atom is 0.303 e. The van der Waals surface area contributed by atoms with Crippen LogP contribution in [0.4, 0.5) is 0 Å². The van der Waals surface area contributed by atoms with Gasteiger partial charge in [-0.3, -0.25) is 9.59 Å². The summed E-state index contributed by atoms with van der Waals surface area (Å²) >= 11 is 3.30. The van der Waals surface area contributed by atoms with Gasteiger partial charge in [0.25, 0.3) is 0 Å². The van der Waals surface area contributed by atoms with Crippen molar-refractivity contribution in [2.24, 2.45) is 5.73 Å². The molecule has 0 heterocycles. The van der Waals surface area contributed by atoms with Crippen LogP contribution in [0, 0.1) is 0 Å². The number of hydrogen-bond donors (Lipinski definition) is 2. The number of carbonyl (C=O) groups is 2. The average molecular weight is 286 g/mol. The molecule has 86 valence electrons. The SMILES string of the molecule is NC(=O)C[C@H](CC(=O)O)c1cccc(Br)c1. The molecule has 0 aliphatic carbocycles. The average Bonchev–Trinajstić information content (AvgIpc) is 2.15. The van der Waals surface area contributed by atoms with Crippen LogP contribution in [0.15, 0.2) is 28.7 Å². The number of carbonyl (C=O) groups excluding carboxylic acids is 1. The number of primary amides is 1. The highest BCUT2D eigenvalue weighted by molar-refractivity contribution is 9.10. The van der Waals surface area contributed by atoms with Gasteiger partial charge >= 0.3 is 5.97 Å². The molecule has 1 aromatic carbocycles. The van der Waals surface area contributed by atoms with Crippen LogP contribution < -0.4 is 5.73 Å². The van der Waals surface area contributed by atoms with Gasteiger partial charge in [0.05, 0.1) is 6.42 Å². The molecule has 0 aliphatic heterocycles. The molecule has 0 fully saturated rings. The summed E-state index contributed by atoms with van der Waals surface area (Å²) in [6.45, 7) is 0. The minimum absolute atomic E-state index is 0.0444. The molecule has 0 saturated heterocycles. The number of nitrogens with two attached hydrogens (primary N) is 1. The molecule has 0 spiro atoms. The molecule has 1 aromatic rings. The standard InChI is InChI=1S/C11H12BrNO3/c12-9-3-1-2-7(4-9)8(5-10(13)14)6-11(15)16/h1-4,8H,5-6H2,(H2,13,14)(H,15,16)/t8-/m1/s1. The highest BCUT2D eigenvalue weighted by Gasteiger charge is 2.18. The van der Waals surface area contributed by atoms with E-state index in [0.29, 0.717) is 0 Å². The van der Waals surface area contributed by atoms with Gasteiger partial charge in [0.2, 0.25) is 5.91 Å². The molecule has 1 atom stereocenters. The highest BCUT2D eigenvalue weighted by atomic mass is 79.9. The van der Waals surface area contributed by atoms with E-state index in [2.05, 4.69) is 15.9 Å². The maximum absolute atomic E-state index is 10.9. The smallest absolute Gasteiger partial charge is 0.303 e. The van der Waals surface area contributed by atoms with Crippen LogP contribution in [0.5, 0.6) is 0 Å². The first kappa shape index (κ1) is 12.7. The van der Waals surface area contributed by atoms with Crippen LogP contribution in [0.2, 0.25) is 0 Å². The fourth-order valence-corrected chi connectivity index (χ4v) is 1.94. The fourth-order valence-electron chi connectivity index (χ4n) is 1.52. The quantitative estimate of drug-likeness (QED) is 0.867. The minimum atomic E-state index is -0.939. The predicted octanol–water partition coefficient (Wildman–Crippen LogP) is 1.88. The van der Waals surface area contributed by atoms with Crippen molar-refractivity contribution in [1.29, 1.82) is 0 Å². The number of carboxylic acid groups (broad SMARTS) is 1. The Hall–Kier alpha value is -1.36. The van der Waals surface area contributed by atoms with Crippen molar-refractivity contribution in [3.05, 3.63) is 34.3 Å². The van der Waals surface area contributed by atoms with Gasteiger partial charge in [-0.05, 0) is 17.7 Å². The summed E-state index contributed by atoms with van der Waals surface area (Å²) in [6, 6.07) is 7.23. The normalized spacial score (nSPS) is 12.1. The van der Waals surface area contributed by atoms with E-state index < -0.39 is 11.9 Å². The number of hydrogen-bond acceptors (Lipinski definition) is 2. The summed E-state index contributed by atoms with van der Waals surface area (Å²) in [5.74, 6) is -1.80. The topological polar surface area (TPSA) is 80.4 Å². The highest BCUT2D eigenvalue weighted by Crippen LogP contribution is 2.25. The van der Waals surface area contributed by atoms with Crippen molar-refractivity contribution in [2.45, 2.75) is 18.8 Å². The third-order valence-corrected chi connectivity index (χ3v) is 2.68. The van der Waals surface area contributed by atoms with Crippen LogP contribution in [-0.2, 0) is 9.59 Å². The van der Waals surface area contributed by atoms with Crippen LogP contribution in [0.3, 0.4) is 0 Å². The Morgan fingerprint density at radius 2 is 2.06 bits per heavy atom. The Balaban J connectivity index is 2.90. The minimum Gasteiger partial charge on any atom is -0.481 e. The second-order valence-electron chi connectivity index (χ2n) is 3.52. The lowest BCUT2D eigenvalue weighted by atomic mass is 9.92. The monoisotopic (exact) mass is 285 g/mol. The van der Waals surface area contributed by atoms with Gasteiger partial charge < -0.3 is 10.8 Å². The third kappa shape index (κ3) is 4.02. The third-order valence-electron chi connectivity index (χ3n) is 2.19. The first-order chi connectivity index (χ1) is 7.49. The molecule has 0 unspecified atom stereocenters. The first-order valence-corrected chi connectivity index (χ1v) is 5.54. The molecular formula is C11H12BrNO3. The molecule has 0 aliphatic rings. The van der Waals surface area contributed by atoms with E-state index in [4.69, 9.17) is 10.8 Å². The maximum atomic E-state index is 10.9. The Morgan fingerprint density at radius 3 is 2.56 bits per heavy atom. The molecule has 3 N–H and O–H groups in total. The molecule has 16 heavy (non-hydrogen) atoms. The Labute approximate surface area is 102 Å². The number of benzene rings is 1. The summed E-state index contributed by atoms with van der Waals surface area (Å²) in [7, 11) is 0. The predicted molar refractivity (Wildman–Crippen MR) is 62.9 cm³/mol. The van der Waals surface area contributed by atoms with Crippen molar-refractivity contribution in [3.63, 3.8) is 0 Å². The summed E-state index contributed by atoms with van der Waals surface area (Å²) in [5.41, 5.74) is 5.90. The Bertz CT molecular complexity index is 390. The number of carboxylic acids is 1. The van der Waals surface area contributed by atoms with E-state index in [1.807, 2.05) is 6.07 Å². The van der Waals surface area contributed by atoms with Crippen molar-refractivity contribution < 1.29 is 14.7 Å². The van der Waals surface area contributed by atoms with E-state index in [1.165, 1.54) is 0 Å². The molecule has 0 radical (unpaired) electrons. The molecule has 0 saturated carbocycles.